The van der Waals surface area contributed by atoms with Gasteiger partial charge in [0.2, 0.25) is 0 Å². The molecule has 2 nitrogen and oxygen atoms in total. The second-order valence-electron chi connectivity index (χ2n) is 5.56. The van der Waals surface area contributed by atoms with E-state index in [1.807, 2.05) is 0 Å². The summed E-state index contributed by atoms with van der Waals surface area (Å²) >= 11 is 0. The lowest BCUT2D eigenvalue weighted by molar-refractivity contribution is 0.0935. The summed E-state index contributed by atoms with van der Waals surface area (Å²) in [4.78, 5) is 2.34. The number of rotatable bonds is 0. The van der Waals surface area contributed by atoms with Gasteiger partial charge in [0, 0.05) is 24.0 Å². The minimum Gasteiger partial charge on any atom is -0.391 e. The van der Waals surface area contributed by atoms with Crippen molar-refractivity contribution in [1.82, 2.24) is 4.90 Å². The summed E-state index contributed by atoms with van der Waals surface area (Å²) in [5.74, 6) is 0. The molecule has 0 aromatic heterocycles. The van der Waals surface area contributed by atoms with Crippen LogP contribution in [0.3, 0.4) is 0 Å². The van der Waals surface area contributed by atoms with Crippen LogP contribution in [-0.4, -0.2) is 34.7 Å². The van der Waals surface area contributed by atoms with Crippen molar-refractivity contribution in [3.8, 4) is 0 Å². The monoisotopic (exact) mass is 171 g/mol. The maximum Gasteiger partial charge on any atom is 0.0730 e. The fourth-order valence-electron chi connectivity index (χ4n) is 1.63. The molecule has 2 heteroatoms. The van der Waals surface area contributed by atoms with Gasteiger partial charge in [-0.25, -0.2) is 0 Å². The van der Waals surface area contributed by atoms with E-state index in [1.54, 1.807) is 0 Å². The van der Waals surface area contributed by atoms with Gasteiger partial charge in [-0.1, -0.05) is 13.8 Å². The number of hydrogen-bond acceptors (Lipinski definition) is 2. The molecule has 1 saturated heterocycles. The van der Waals surface area contributed by atoms with Crippen LogP contribution in [0, 0.1) is 5.41 Å². The summed E-state index contributed by atoms with van der Waals surface area (Å²) < 4.78 is 0. The van der Waals surface area contributed by atoms with Crippen molar-refractivity contribution in [3.63, 3.8) is 0 Å². The van der Waals surface area contributed by atoms with Gasteiger partial charge in [-0.2, -0.15) is 0 Å². The van der Waals surface area contributed by atoms with E-state index in [4.69, 9.17) is 0 Å². The second kappa shape index (κ2) is 2.71. The van der Waals surface area contributed by atoms with Crippen molar-refractivity contribution in [2.75, 3.05) is 13.1 Å². The SMILES string of the molecule is CC1(C)CN(C(C)(C)C)CC1O. The molecule has 0 spiro atoms. The van der Waals surface area contributed by atoms with Crippen molar-refractivity contribution in [3.05, 3.63) is 0 Å². The van der Waals surface area contributed by atoms with E-state index >= 15 is 0 Å². The van der Waals surface area contributed by atoms with Gasteiger partial charge in [-0.3, -0.25) is 4.90 Å². The first kappa shape index (κ1) is 10.0. The Hall–Kier alpha value is -0.0800. The third kappa shape index (κ3) is 1.80. The van der Waals surface area contributed by atoms with Crippen molar-refractivity contribution >= 4 is 0 Å². The number of nitrogens with zero attached hydrogens (tertiary/aromatic N) is 1. The minimum absolute atomic E-state index is 0.0628. The number of aliphatic hydroxyl groups excluding tert-OH is 1. The fraction of sp³-hybridized carbons (Fsp3) is 1.00. The van der Waals surface area contributed by atoms with Crippen LogP contribution in [0.2, 0.25) is 0 Å². The molecule has 1 heterocycles. The van der Waals surface area contributed by atoms with Crippen LogP contribution in [0.25, 0.3) is 0 Å². The van der Waals surface area contributed by atoms with E-state index in [1.165, 1.54) is 0 Å². The molecule has 1 rings (SSSR count). The predicted molar refractivity (Wildman–Crippen MR) is 51.1 cm³/mol. The molecule has 0 radical (unpaired) electrons. The summed E-state index contributed by atoms with van der Waals surface area (Å²) in [5.41, 5.74) is 0.252. The lowest BCUT2D eigenvalue weighted by atomic mass is 9.90. The van der Waals surface area contributed by atoms with E-state index in [0.29, 0.717) is 0 Å². The second-order valence-corrected chi connectivity index (χ2v) is 5.56. The standard InChI is InChI=1S/C10H21NO/c1-9(2,3)11-6-8(12)10(4,5)7-11/h8,12H,6-7H2,1-5H3. The Balaban J connectivity index is 2.67. The molecule has 12 heavy (non-hydrogen) atoms. The summed E-state index contributed by atoms with van der Waals surface area (Å²) in [6, 6.07) is 0. The molecule has 0 bridgehead atoms. The minimum atomic E-state index is -0.170. The largest absolute Gasteiger partial charge is 0.391 e. The van der Waals surface area contributed by atoms with Crippen LogP contribution in [0.1, 0.15) is 34.6 Å². The van der Waals surface area contributed by atoms with Gasteiger partial charge in [0.15, 0.2) is 0 Å². The molecule has 1 unspecified atom stereocenters. The van der Waals surface area contributed by atoms with Crippen molar-refractivity contribution in [1.29, 1.82) is 0 Å². The summed E-state index contributed by atoms with van der Waals surface area (Å²) in [6.45, 7) is 12.7. The van der Waals surface area contributed by atoms with E-state index in [0.717, 1.165) is 13.1 Å². The lowest BCUT2D eigenvalue weighted by Crippen LogP contribution is -2.40. The number of likely N-dealkylation sites (tertiary alicyclic amines) is 1. The molecule has 1 aliphatic rings. The van der Waals surface area contributed by atoms with Gasteiger partial charge in [-0.15, -0.1) is 0 Å². The smallest absolute Gasteiger partial charge is 0.0730 e. The van der Waals surface area contributed by atoms with Gasteiger partial charge in [0.25, 0.3) is 0 Å². The van der Waals surface area contributed by atoms with Crippen LogP contribution >= 0.6 is 0 Å². The number of hydrogen-bond donors (Lipinski definition) is 1. The fourth-order valence-corrected chi connectivity index (χ4v) is 1.63. The van der Waals surface area contributed by atoms with Crippen LogP contribution < -0.4 is 0 Å². The topological polar surface area (TPSA) is 23.5 Å². The van der Waals surface area contributed by atoms with Crippen molar-refractivity contribution in [2.45, 2.75) is 46.3 Å². The Labute approximate surface area is 75.6 Å². The molecular formula is C10H21NO. The summed E-state index contributed by atoms with van der Waals surface area (Å²) in [7, 11) is 0. The molecule has 0 amide bonds. The maximum atomic E-state index is 9.75. The molecule has 0 aromatic carbocycles. The predicted octanol–water partition coefficient (Wildman–Crippen LogP) is 1.49. The third-order valence-electron chi connectivity index (χ3n) is 2.84. The van der Waals surface area contributed by atoms with Gasteiger partial charge < -0.3 is 5.11 Å². The Kier molecular flexibility index (Phi) is 2.26. The van der Waals surface area contributed by atoms with Gasteiger partial charge >= 0.3 is 0 Å². The zero-order valence-electron chi connectivity index (χ0n) is 8.89. The van der Waals surface area contributed by atoms with E-state index < -0.39 is 0 Å². The number of β-amino-alcohol motifs (C(OH)–C–C–N with tert-alkyl or cyclic N) is 1. The van der Waals surface area contributed by atoms with E-state index in [-0.39, 0.29) is 17.1 Å². The quantitative estimate of drug-likeness (QED) is 0.597. The van der Waals surface area contributed by atoms with Gasteiger partial charge in [-0.05, 0) is 20.8 Å². The van der Waals surface area contributed by atoms with Gasteiger partial charge in [0.1, 0.15) is 0 Å². The summed E-state index contributed by atoms with van der Waals surface area (Å²) in [6.07, 6.45) is -0.170. The summed E-state index contributed by atoms with van der Waals surface area (Å²) in [5, 5.41) is 9.75. The third-order valence-corrected chi connectivity index (χ3v) is 2.84. The highest BCUT2D eigenvalue weighted by molar-refractivity contribution is 4.95. The van der Waals surface area contributed by atoms with E-state index in [9.17, 15) is 5.11 Å². The normalized spacial score (nSPS) is 31.0. The highest BCUT2D eigenvalue weighted by atomic mass is 16.3. The molecule has 1 N–H and O–H groups in total. The first-order valence-electron chi connectivity index (χ1n) is 4.66. The highest BCUT2D eigenvalue weighted by Gasteiger charge is 2.41. The van der Waals surface area contributed by atoms with Crippen molar-refractivity contribution in [2.24, 2.45) is 5.41 Å². The van der Waals surface area contributed by atoms with Crippen LogP contribution in [0.4, 0.5) is 0 Å². The molecule has 0 saturated carbocycles. The molecule has 1 fully saturated rings. The van der Waals surface area contributed by atoms with Crippen LogP contribution in [-0.2, 0) is 0 Å². The molecular weight excluding hydrogens is 150 g/mol. The average molecular weight is 171 g/mol. The molecule has 72 valence electrons. The Bertz CT molecular complexity index is 169. The van der Waals surface area contributed by atoms with E-state index in [2.05, 4.69) is 39.5 Å². The van der Waals surface area contributed by atoms with Crippen molar-refractivity contribution < 1.29 is 5.11 Å². The van der Waals surface area contributed by atoms with Gasteiger partial charge in [0.05, 0.1) is 6.10 Å². The maximum absolute atomic E-state index is 9.75. The molecule has 1 aliphatic heterocycles. The Morgan fingerprint density at radius 2 is 1.83 bits per heavy atom. The molecule has 0 aromatic rings. The first-order valence-corrected chi connectivity index (χ1v) is 4.66. The molecule has 1 atom stereocenters. The zero-order chi connectivity index (χ0) is 9.57. The Morgan fingerprint density at radius 1 is 1.33 bits per heavy atom. The highest BCUT2D eigenvalue weighted by Crippen LogP contribution is 2.33. The average Bonchev–Trinajstić information content (AvgIpc) is 2.06. The van der Waals surface area contributed by atoms with Crippen LogP contribution in [0.5, 0.6) is 0 Å². The molecule has 0 aliphatic carbocycles. The Morgan fingerprint density at radius 3 is 2.00 bits per heavy atom. The van der Waals surface area contributed by atoms with Crippen LogP contribution in [0.15, 0.2) is 0 Å². The first-order chi connectivity index (χ1) is 5.23. The lowest BCUT2D eigenvalue weighted by Gasteiger charge is -2.32. The zero-order valence-corrected chi connectivity index (χ0v) is 8.89. The number of aliphatic hydroxyl groups is 1.